The number of hydrogen-bond donors (Lipinski definition) is 2. The van der Waals surface area contributed by atoms with Crippen molar-refractivity contribution in [2.75, 3.05) is 6.61 Å². The van der Waals surface area contributed by atoms with Gasteiger partial charge in [0.1, 0.15) is 5.75 Å². The fourth-order valence-corrected chi connectivity index (χ4v) is 4.40. The first-order valence-corrected chi connectivity index (χ1v) is 10.2. The number of aromatic nitrogens is 1. The van der Waals surface area contributed by atoms with Gasteiger partial charge in [0.15, 0.2) is 6.61 Å². The molecule has 2 aromatic rings. The van der Waals surface area contributed by atoms with Crippen LogP contribution < -0.4 is 20.1 Å². The lowest BCUT2D eigenvalue weighted by Crippen LogP contribution is -2.84. The normalized spacial score (nSPS) is 23.4. The van der Waals surface area contributed by atoms with Crippen LogP contribution in [0.25, 0.3) is 0 Å². The van der Waals surface area contributed by atoms with Crippen LogP contribution in [-0.4, -0.2) is 40.8 Å². The number of nitrogens with one attached hydrogen (secondary N) is 2. The van der Waals surface area contributed by atoms with Crippen LogP contribution in [0.2, 0.25) is 10.0 Å². The van der Waals surface area contributed by atoms with Gasteiger partial charge in [-0.1, -0.05) is 23.2 Å². The summed E-state index contributed by atoms with van der Waals surface area (Å²) in [6, 6.07) is 6.85. The molecule has 32 heavy (non-hydrogen) atoms. The SMILES string of the molecule is O=C(COc1ccc(Cl)c(Cl)c1)NC12CC(NC(=O)c3ccc(OC(F)(F)F)nc3)(C1)C2. The van der Waals surface area contributed by atoms with Gasteiger partial charge in [0.25, 0.3) is 11.8 Å². The molecule has 3 aliphatic carbocycles. The molecule has 3 aliphatic rings. The first-order valence-electron chi connectivity index (χ1n) is 9.40. The van der Waals surface area contributed by atoms with E-state index in [9.17, 15) is 22.8 Å². The molecule has 0 atom stereocenters. The molecule has 3 saturated carbocycles. The Bertz CT molecular complexity index is 1040. The highest BCUT2D eigenvalue weighted by Crippen LogP contribution is 2.60. The Labute approximate surface area is 190 Å². The summed E-state index contributed by atoms with van der Waals surface area (Å²) in [5.74, 6) is -1.00. The summed E-state index contributed by atoms with van der Waals surface area (Å²) in [7, 11) is 0. The largest absolute Gasteiger partial charge is 0.574 e. The summed E-state index contributed by atoms with van der Waals surface area (Å²) in [6.07, 6.45) is -2.19. The molecule has 1 aromatic carbocycles. The molecule has 0 saturated heterocycles. The lowest BCUT2D eigenvalue weighted by Gasteiger charge is -2.70. The maximum Gasteiger partial charge on any atom is 0.574 e. The Hall–Kier alpha value is -2.72. The zero-order chi connectivity index (χ0) is 23.1. The first-order chi connectivity index (χ1) is 15.0. The molecular formula is C20H16Cl2F3N3O4. The number of pyridine rings is 1. The van der Waals surface area contributed by atoms with Gasteiger partial charge in [0.2, 0.25) is 5.88 Å². The Morgan fingerprint density at radius 1 is 1.03 bits per heavy atom. The Balaban J connectivity index is 1.22. The minimum atomic E-state index is -4.85. The fraction of sp³-hybridized carbons (Fsp3) is 0.350. The summed E-state index contributed by atoms with van der Waals surface area (Å²) in [6.45, 7) is -0.197. The second-order valence-electron chi connectivity index (χ2n) is 7.89. The predicted molar refractivity (Wildman–Crippen MR) is 108 cm³/mol. The van der Waals surface area contributed by atoms with E-state index in [0.29, 0.717) is 35.1 Å². The highest BCUT2D eigenvalue weighted by molar-refractivity contribution is 6.42. The number of carbonyl (C=O) groups is 2. The number of carbonyl (C=O) groups excluding carboxylic acids is 2. The van der Waals surface area contributed by atoms with Crippen molar-refractivity contribution in [3.63, 3.8) is 0 Å². The molecular weight excluding hydrogens is 474 g/mol. The van der Waals surface area contributed by atoms with Gasteiger partial charge in [-0.05, 0) is 37.5 Å². The number of ether oxygens (including phenoxy) is 2. The van der Waals surface area contributed by atoms with E-state index in [2.05, 4.69) is 20.4 Å². The van der Waals surface area contributed by atoms with E-state index < -0.39 is 29.2 Å². The quantitative estimate of drug-likeness (QED) is 0.615. The monoisotopic (exact) mass is 489 g/mol. The molecule has 2 N–H and O–H groups in total. The number of benzene rings is 1. The summed E-state index contributed by atoms with van der Waals surface area (Å²) >= 11 is 11.7. The third kappa shape index (κ3) is 4.86. The molecule has 0 spiro atoms. The van der Waals surface area contributed by atoms with E-state index in [4.69, 9.17) is 27.9 Å². The van der Waals surface area contributed by atoms with Crippen LogP contribution in [0, 0.1) is 0 Å². The van der Waals surface area contributed by atoms with E-state index in [1.165, 1.54) is 12.1 Å². The van der Waals surface area contributed by atoms with Crippen molar-refractivity contribution in [2.45, 2.75) is 36.7 Å². The average molecular weight is 490 g/mol. The van der Waals surface area contributed by atoms with Gasteiger partial charge in [-0.3, -0.25) is 9.59 Å². The molecule has 12 heteroatoms. The zero-order valence-corrected chi connectivity index (χ0v) is 17.8. The van der Waals surface area contributed by atoms with Crippen molar-refractivity contribution in [2.24, 2.45) is 0 Å². The van der Waals surface area contributed by atoms with E-state index >= 15 is 0 Å². The summed E-state index contributed by atoms with van der Waals surface area (Å²) in [4.78, 5) is 28.1. The molecule has 170 valence electrons. The van der Waals surface area contributed by atoms with Crippen LogP contribution in [-0.2, 0) is 4.79 Å². The molecule has 0 radical (unpaired) electrons. The van der Waals surface area contributed by atoms with Crippen LogP contribution in [0.3, 0.4) is 0 Å². The standard InChI is InChI=1S/C20H16Cl2F3N3O4/c21-13-3-2-12(5-14(13)22)31-7-15(29)27-18-8-19(9-18,10-18)28-17(30)11-1-4-16(26-6-11)32-20(23,24)25/h1-6H,7-10H2,(H,27,29)(H,28,30). The molecule has 7 nitrogen and oxygen atoms in total. The number of amides is 2. The van der Waals surface area contributed by atoms with Crippen molar-refractivity contribution < 1.29 is 32.2 Å². The van der Waals surface area contributed by atoms with Crippen LogP contribution in [0.1, 0.15) is 29.6 Å². The third-order valence-electron chi connectivity index (χ3n) is 5.29. The maximum atomic E-state index is 12.4. The van der Waals surface area contributed by atoms with E-state index in [1.54, 1.807) is 12.1 Å². The van der Waals surface area contributed by atoms with Crippen molar-refractivity contribution in [1.82, 2.24) is 15.6 Å². The average Bonchev–Trinajstić information content (AvgIpc) is 2.65. The summed E-state index contributed by atoms with van der Waals surface area (Å²) in [5.41, 5.74) is -0.735. The van der Waals surface area contributed by atoms with Gasteiger partial charge in [-0.2, -0.15) is 0 Å². The number of nitrogens with zero attached hydrogens (tertiary/aromatic N) is 1. The van der Waals surface area contributed by atoms with E-state index in [0.717, 1.165) is 12.3 Å². The van der Waals surface area contributed by atoms with Gasteiger partial charge in [0, 0.05) is 29.4 Å². The maximum absolute atomic E-state index is 12.4. The van der Waals surface area contributed by atoms with Crippen LogP contribution in [0.4, 0.5) is 13.2 Å². The lowest BCUT2D eigenvalue weighted by atomic mass is 9.44. The number of alkyl halides is 3. The predicted octanol–water partition coefficient (Wildman–Crippen LogP) is 3.89. The molecule has 3 fully saturated rings. The molecule has 5 rings (SSSR count). The number of rotatable bonds is 7. The zero-order valence-electron chi connectivity index (χ0n) is 16.3. The summed E-state index contributed by atoms with van der Waals surface area (Å²) < 4.78 is 45.6. The van der Waals surface area contributed by atoms with E-state index in [-0.39, 0.29) is 18.1 Å². The van der Waals surface area contributed by atoms with Crippen LogP contribution in [0.5, 0.6) is 11.6 Å². The Kier molecular flexibility index (Phi) is 5.62. The first kappa shape index (κ1) is 22.5. The molecule has 0 aliphatic heterocycles. The summed E-state index contributed by atoms with van der Waals surface area (Å²) in [5, 5.41) is 6.47. The van der Waals surface area contributed by atoms with Crippen LogP contribution >= 0.6 is 23.2 Å². The van der Waals surface area contributed by atoms with Crippen LogP contribution in [0.15, 0.2) is 36.5 Å². The molecule has 0 unspecified atom stereocenters. The van der Waals surface area contributed by atoms with Gasteiger partial charge < -0.3 is 20.1 Å². The van der Waals surface area contributed by atoms with Crippen molar-refractivity contribution in [3.8, 4) is 11.6 Å². The topological polar surface area (TPSA) is 89.6 Å². The van der Waals surface area contributed by atoms with E-state index in [1.807, 2.05) is 0 Å². The molecule has 2 amide bonds. The van der Waals surface area contributed by atoms with Crippen molar-refractivity contribution in [3.05, 3.63) is 52.1 Å². The van der Waals surface area contributed by atoms with Crippen molar-refractivity contribution >= 4 is 35.0 Å². The van der Waals surface area contributed by atoms with Gasteiger partial charge in [0.05, 0.1) is 15.6 Å². The minimum absolute atomic E-state index is 0.109. The second kappa shape index (κ2) is 8.00. The smallest absolute Gasteiger partial charge is 0.484 e. The Morgan fingerprint density at radius 2 is 1.72 bits per heavy atom. The number of hydrogen-bond acceptors (Lipinski definition) is 5. The highest BCUT2D eigenvalue weighted by Gasteiger charge is 2.69. The van der Waals surface area contributed by atoms with Crippen molar-refractivity contribution in [1.29, 1.82) is 0 Å². The second-order valence-corrected chi connectivity index (χ2v) is 8.71. The minimum Gasteiger partial charge on any atom is -0.484 e. The molecule has 2 bridgehead atoms. The Morgan fingerprint density at radius 3 is 2.31 bits per heavy atom. The lowest BCUT2D eigenvalue weighted by molar-refractivity contribution is -0.276. The van der Waals surface area contributed by atoms with Gasteiger partial charge in [-0.15, -0.1) is 13.2 Å². The van der Waals surface area contributed by atoms with Gasteiger partial charge in [-0.25, -0.2) is 4.98 Å². The van der Waals surface area contributed by atoms with Gasteiger partial charge >= 0.3 is 6.36 Å². The molecule has 1 heterocycles. The fourth-order valence-electron chi connectivity index (χ4n) is 4.11. The highest BCUT2D eigenvalue weighted by atomic mass is 35.5. The third-order valence-corrected chi connectivity index (χ3v) is 6.03. The molecule has 1 aromatic heterocycles. The number of halogens is 5.